The molecule has 0 aliphatic carbocycles. The lowest BCUT2D eigenvalue weighted by Crippen LogP contribution is -2.39. The van der Waals surface area contributed by atoms with Crippen LogP contribution < -0.4 is 5.32 Å². The summed E-state index contributed by atoms with van der Waals surface area (Å²) in [5.41, 5.74) is 3.08. The van der Waals surface area contributed by atoms with E-state index in [-0.39, 0.29) is 11.4 Å². The van der Waals surface area contributed by atoms with Crippen LogP contribution in [0.3, 0.4) is 0 Å². The average Bonchev–Trinajstić information content (AvgIpc) is 2.38. The van der Waals surface area contributed by atoms with E-state index in [2.05, 4.69) is 29.6 Å². The zero-order valence-electron chi connectivity index (χ0n) is 11.6. The van der Waals surface area contributed by atoms with Gasteiger partial charge in [-0.25, -0.2) is 0 Å². The van der Waals surface area contributed by atoms with Crippen LogP contribution >= 0.6 is 0 Å². The lowest BCUT2D eigenvalue weighted by molar-refractivity contribution is -0.120. The van der Waals surface area contributed by atoms with E-state index in [9.17, 15) is 4.79 Å². The van der Waals surface area contributed by atoms with E-state index < -0.39 is 0 Å². The molecular weight excluding hydrogens is 234 g/mol. The first-order chi connectivity index (χ1) is 8.99. The minimum absolute atomic E-state index is 0.0184. The Hall–Kier alpha value is -2.09. The van der Waals surface area contributed by atoms with Crippen LogP contribution in [0.15, 0.2) is 54.6 Å². The molecule has 0 spiro atoms. The number of hydrogen-bond donors (Lipinski definition) is 1. The second-order valence-electron chi connectivity index (χ2n) is 5.25. The van der Waals surface area contributed by atoms with E-state index in [4.69, 9.17) is 0 Å². The Morgan fingerprint density at radius 3 is 2.21 bits per heavy atom. The molecule has 0 atom stereocenters. The molecule has 1 N–H and O–H groups in total. The molecular formula is C17H19NO. The monoisotopic (exact) mass is 253 g/mol. The molecule has 98 valence electrons. The first-order valence-electron chi connectivity index (χ1n) is 6.44. The minimum atomic E-state index is -0.364. The third-order valence-corrected chi connectivity index (χ3v) is 3.18. The van der Waals surface area contributed by atoms with Crippen molar-refractivity contribution in [3.63, 3.8) is 0 Å². The van der Waals surface area contributed by atoms with E-state index in [0.717, 1.165) is 11.1 Å². The van der Waals surface area contributed by atoms with Crippen molar-refractivity contribution in [3.05, 3.63) is 60.2 Å². The van der Waals surface area contributed by atoms with Gasteiger partial charge in [-0.05, 0) is 36.6 Å². The van der Waals surface area contributed by atoms with Crippen LogP contribution in [0.25, 0.3) is 11.1 Å². The predicted molar refractivity (Wildman–Crippen MR) is 78.7 cm³/mol. The van der Waals surface area contributed by atoms with Crippen molar-refractivity contribution < 1.29 is 4.79 Å². The van der Waals surface area contributed by atoms with E-state index in [0.29, 0.717) is 0 Å². The maximum absolute atomic E-state index is 11.3. The number of carbonyl (C=O) groups excluding carboxylic acids is 1. The Balaban J connectivity index is 2.37. The number of benzene rings is 2. The molecule has 2 rings (SSSR count). The second-order valence-corrected chi connectivity index (χ2v) is 5.25. The Bertz CT molecular complexity index is 573. The molecule has 0 saturated carbocycles. The van der Waals surface area contributed by atoms with Crippen LogP contribution in [0.2, 0.25) is 0 Å². The summed E-state index contributed by atoms with van der Waals surface area (Å²) in [6.07, 6.45) is 0. The number of carbonyl (C=O) groups is 1. The smallest absolute Gasteiger partial charge is 0.217 e. The third kappa shape index (κ3) is 3.22. The fraction of sp³-hybridized carbons (Fsp3) is 0.235. The first kappa shape index (κ1) is 13.3. The van der Waals surface area contributed by atoms with Gasteiger partial charge in [0.25, 0.3) is 0 Å². The van der Waals surface area contributed by atoms with Gasteiger partial charge in [-0.2, -0.15) is 0 Å². The van der Waals surface area contributed by atoms with Crippen molar-refractivity contribution in [2.75, 3.05) is 0 Å². The standard InChI is InChI=1S/C17H19NO/c1-13(19)18-17(2,3)16-11-7-10-15(12-16)14-8-5-4-6-9-14/h4-12H,1-3H3,(H,18,19). The summed E-state index contributed by atoms with van der Waals surface area (Å²) in [7, 11) is 0. The molecule has 2 aromatic rings. The lowest BCUT2D eigenvalue weighted by atomic mass is 9.91. The highest BCUT2D eigenvalue weighted by atomic mass is 16.1. The molecule has 2 aromatic carbocycles. The SMILES string of the molecule is CC(=O)NC(C)(C)c1cccc(-c2ccccc2)c1. The van der Waals surface area contributed by atoms with Crippen molar-refractivity contribution in [2.45, 2.75) is 26.3 Å². The number of hydrogen-bond acceptors (Lipinski definition) is 1. The molecule has 2 heteroatoms. The highest BCUT2D eigenvalue weighted by molar-refractivity contribution is 5.74. The summed E-state index contributed by atoms with van der Waals surface area (Å²) in [6.45, 7) is 5.57. The molecule has 0 fully saturated rings. The second kappa shape index (κ2) is 5.27. The number of nitrogens with one attached hydrogen (secondary N) is 1. The van der Waals surface area contributed by atoms with Crippen LogP contribution in [0.1, 0.15) is 26.3 Å². The van der Waals surface area contributed by atoms with E-state index in [1.54, 1.807) is 6.92 Å². The van der Waals surface area contributed by atoms with Crippen LogP contribution in [0.4, 0.5) is 0 Å². The molecule has 0 radical (unpaired) electrons. The summed E-state index contributed by atoms with van der Waals surface area (Å²) in [6, 6.07) is 18.5. The fourth-order valence-electron chi connectivity index (χ4n) is 2.23. The zero-order chi connectivity index (χ0) is 13.9. The molecule has 0 saturated heterocycles. The largest absolute Gasteiger partial charge is 0.347 e. The highest BCUT2D eigenvalue weighted by Crippen LogP contribution is 2.26. The molecule has 0 heterocycles. The van der Waals surface area contributed by atoms with E-state index >= 15 is 0 Å². The van der Waals surface area contributed by atoms with Crippen molar-refractivity contribution in [3.8, 4) is 11.1 Å². The molecule has 0 aromatic heterocycles. The molecule has 0 bridgehead atoms. The van der Waals surface area contributed by atoms with E-state index in [1.807, 2.05) is 44.2 Å². The van der Waals surface area contributed by atoms with Gasteiger partial charge in [-0.15, -0.1) is 0 Å². The molecule has 1 amide bonds. The maximum Gasteiger partial charge on any atom is 0.217 e. The van der Waals surface area contributed by atoms with Gasteiger partial charge in [0.2, 0.25) is 5.91 Å². The zero-order valence-corrected chi connectivity index (χ0v) is 11.6. The van der Waals surface area contributed by atoms with Gasteiger partial charge in [0.05, 0.1) is 5.54 Å². The molecule has 0 unspecified atom stereocenters. The van der Waals surface area contributed by atoms with Gasteiger partial charge in [-0.1, -0.05) is 48.5 Å². The quantitative estimate of drug-likeness (QED) is 0.887. The van der Waals surface area contributed by atoms with Gasteiger partial charge in [0, 0.05) is 6.92 Å². The van der Waals surface area contributed by atoms with Gasteiger partial charge in [0.15, 0.2) is 0 Å². The number of amides is 1. The Labute approximate surface area is 114 Å². The Morgan fingerprint density at radius 1 is 0.947 bits per heavy atom. The van der Waals surface area contributed by atoms with Crippen molar-refractivity contribution in [1.29, 1.82) is 0 Å². The van der Waals surface area contributed by atoms with Gasteiger partial charge < -0.3 is 5.32 Å². The summed E-state index contributed by atoms with van der Waals surface area (Å²) >= 11 is 0. The fourth-order valence-corrected chi connectivity index (χ4v) is 2.23. The van der Waals surface area contributed by atoms with Gasteiger partial charge in [-0.3, -0.25) is 4.79 Å². The topological polar surface area (TPSA) is 29.1 Å². The lowest BCUT2D eigenvalue weighted by Gasteiger charge is -2.26. The van der Waals surface area contributed by atoms with Gasteiger partial charge >= 0.3 is 0 Å². The normalized spacial score (nSPS) is 11.1. The van der Waals surface area contributed by atoms with Crippen LogP contribution in [0, 0.1) is 0 Å². The van der Waals surface area contributed by atoms with Crippen molar-refractivity contribution in [2.24, 2.45) is 0 Å². The van der Waals surface area contributed by atoms with Crippen LogP contribution in [0.5, 0.6) is 0 Å². The summed E-state index contributed by atoms with van der Waals surface area (Å²) in [5, 5.41) is 2.98. The summed E-state index contributed by atoms with van der Waals surface area (Å²) in [5.74, 6) is -0.0184. The van der Waals surface area contributed by atoms with Crippen LogP contribution in [-0.4, -0.2) is 5.91 Å². The molecule has 0 aliphatic heterocycles. The summed E-state index contributed by atoms with van der Waals surface area (Å²) < 4.78 is 0. The molecule has 19 heavy (non-hydrogen) atoms. The molecule has 0 aliphatic rings. The number of rotatable bonds is 3. The minimum Gasteiger partial charge on any atom is -0.347 e. The van der Waals surface area contributed by atoms with Gasteiger partial charge in [0.1, 0.15) is 0 Å². The van der Waals surface area contributed by atoms with E-state index in [1.165, 1.54) is 5.56 Å². The maximum atomic E-state index is 11.3. The summed E-state index contributed by atoms with van der Waals surface area (Å²) in [4.78, 5) is 11.3. The average molecular weight is 253 g/mol. The van der Waals surface area contributed by atoms with Crippen molar-refractivity contribution >= 4 is 5.91 Å². The third-order valence-electron chi connectivity index (χ3n) is 3.18. The van der Waals surface area contributed by atoms with Crippen molar-refractivity contribution in [1.82, 2.24) is 5.32 Å². The predicted octanol–water partition coefficient (Wildman–Crippen LogP) is 3.72. The molecule has 2 nitrogen and oxygen atoms in total. The first-order valence-corrected chi connectivity index (χ1v) is 6.44. The highest BCUT2D eigenvalue weighted by Gasteiger charge is 2.21. The van der Waals surface area contributed by atoms with Crippen LogP contribution in [-0.2, 0) is 10.3 Å². The Morgan fingerprint density at radius 2 is 1.58 bits per heavy atom. The Kier molecular flexibility index (Phi) is 3.70.